The van der Waals surface area contributed by atoms with Crippen LogP contribution in [0.25, 0.3) is 0 Å². The van der Waals surface area contributed by atoms with Crippen LogP contribution in [0.4, 0.5) is 0 Å². The van der Waals surface area contributed by atoms with E-state index in [1.807, 2.05) is 0 Å². The zero-order valence-corrected chi connectivity index (χ0v) is 9.70. The van der Waals surface area contributed by atoms with Crippen molar-refractivity contribution in [3.8, 4) is 0 Å². The number of hydrogen-bond donors (Lipinski definition) is 0. The number of rotatable bonds is 0. The third kappa shape index (κ3) is 2.10. The molecular formula is C11H15Br. The highest BCUT2D eigenvalue weighted by atomic mass is 79.9. The van der Waals surface area contributed by atoms with Crippen molar-refractivity contribution in [2.24, 2.45) is 0 Å². The van der Waals surface area contributed by atoms with Crippen molar-refractivity contribution in [1.29, 1.82) is 0 Å². The van der Waals surface area contributed by atoms with Crippen LogP contribution in [-0.2, 0) is 5.41 Å². The van der Waals surface area contributed by atoms with Crippen LogP contribution in [0, 0.1) is 6.92 Å². The first-order valence-corrected chi connectivity index (χ1v) is 4.97. The van der Waals surface area contributed by atoms with Gasteiger partial charge < -0.3 is 0 Å². The molecule has 0 fully saturated rings. The van der Waals surface area contributed by atoms with Gasteiger partial charge in [-0.05, 0) is 29.5 Å². The van der Waals surface area contributed by atoms with Crippen molar-refractivity contribution >= 4 is 15.9 Å². The van der Waals surface area contributed by atoms with Crippen LogP contribution in [0.1, 0.15) is 31.9 Å². The van der Waals surface area contributed by atoms with Gasteiger partial charge in [-0.2, -0.15) is 0 Å². The van der Waals surface area contributed by atoms with Crippen LogP contribution in [0.2, 0.25) is 0 Å². The fourth-order valence-electron chi connectivity index (χ4n) is 1.06. The monoisotopic (exact) mass is 226 g/mol. The second-order valence-electron chi connectivity index (χ2n) is 4.21. The van der Waals surface area contributed by atoms with Gasteiger partial charge in [0.05, 0.1) is 0 Å². The molecule has 0 unspecified atom stereocenters. The Hall–Kier alpha value is -0.300. The molecule has 0 saturated carbocycles. The van der Waals surface area contributed by atoms with Crippen molar-refractivity contribution in [3.05, 3.63) is 33.8 Å². The average Bonchev–Trinajstić information content (AvgIpc) is 1.92. The first kappa shape index (κ1) is 9.79. The SMILES string of the molecule is Cc1ccc(C(C)(C)C)cc1Br. The van der Waals surface area contributed by atoms with Crippen LogP contribution in [0.15, 0.2) is 22.7 Å². The van der Waals surface area contributed by atoms with Crippen molar-refractivity contribution in [3.63, 3.8) is 0 Å². The van der Waals surface area contributed by atoms with Crippen molar-refractivity contribution in [2.75, 3.05) is 0 Å². The van der Waals surface area contributed by atoms with Gasteiger partial charge in [0.25, 0.3) is 0 Å². The highest BCUT2D eigenvalue weighted by Crippen LogP contribution is 2.26. The molecule has 0 aliphatic carbocycles. The maximum absolute atomic E-state index is 3.54. The Bertz CT molecular complexity index is 282. The van der Waals surface area contributed by atoms with Gasteiger partial charge in [-0.3, -0.25) is 0 Å². The average molecular weight is 227 g/mol. The molecule has 0 heterocycles. The largest absolute Gasteiger partial charge is 0.0582 e. The Balaban J connectivity index is 3.14. The van der Waals surface area contributed by atoms with E-state index < -0.39 is 0 Å². The molecule has 0 radical (unpaired) electrons. The lowest BCUT2D eigenvalue weighted by Gasteiger charge is -2.19. The molecule has 1 aromatic rings. The van der Waals surface area contributed by atoms with Gasteiger partial charge in [-0.15, -0.1) is 0 Å². The number of hydrogen-bond acceptors (Lipinski definition) is 0. The Morgan fingerprint density at radius 2 is 1.75 bits per heavy atom. The number of benzene rings is 1. The van der Waals surface area contributed by atoms with Gasteiger partial charge in [0.1, 0.15) is 0 Å². The lowest BCUT2D eigenvalue weighted by Crippen LogP contribution is -2.10. The fourth-order valence-corrected chi connectivity index (χ4v) is 1.44. The molecule has 0 aliphatic heterocycles. The zero-order chi connectivity index (χ0) is 9.35. The van der Waals surface area contributed by atoms with Gasteiger partial charge >= 0.3 is 0 Å². The summed E-state index contributed by atoms with van der Waals surface area (Å²) in [5.41, 5.74) is 2.92. The minimum Gasteiger partial charge on any atom is -0.0582 e. The molecule has 0 N–H and O–H groups in total. The Morgan fingerprint density at radius 3 is 2.17 bits per heavy atom. The van der Waals surface area contributed by atoms with Crippen LogP contribution < -0.4 is 0 Å². The zero-order valence-electron chi connectivity index (χ0n) is 8.11. The Kier molecular flexibility index (Phi) is 2.62. The summed E-state index contributed by atoms with van der Waals surface area (Å²) in [5, 5.41) is 0. The Morgan fingerprint density at radius 1 is 1.17 bits per heavy atom. The van der Waals surface area contributed by atoms with Crippen molar-refractivity contribution < 1.29 is 0 Å². The highest BCUT2D eigenvalue weighted by molar-refractivity contribution is 9.10. The fraction of sp³-hybridized carbons (Fsp3) is 0.455. The molecule has 1 heteroatoms. The van der Waals surface area contributed by atoms with E-state index in [1.54, 1.807) is 0 Å². The third-order valence-corrected chi connectivity index (χ3v) is 2.89. The molecule has 1 aromatic carbocycles. The summed E-state index contributed by atoms with van der Waals surface area (Å²) in [6, 6.07) is 6.56. The van der Waals surface area contributed by atoms with Crippen LogP contribution in [0.3, 0.4) is 0 Å². The van der Waals surface area contributed by atoms with Gasteiger partial charge in [-0.1, -0.05) is 48.8 Å². The summed E-state index contributed by atoms with van der Waals surface area (Å²) in [6.07, 6.45) is 0. The first-order valence-electron chi connectivity index (χ1n) is 4.18. The van der Waals surface area contributed by atoms with Gasteiger partial charge in [0.15, 0.2) is 0 Å². The minimum atomic E-state index is 0.246. The summed E-state index contributed by atoms with van der Waals surface area (Å²) in [4.78, 5) is 0. The van der Waals surface area contributed by atoms with E-state index in [0.717, 1.165) is 0 Å². The number of halogens is 1. The second kappa shape index (κ2) is 3.21. The first-order chi connectivity index (χ1) is 5.41. The van der Waals surface area contributed by atoms with Crippen molar-refractivity contribution in [2.45, 2.75) is 33.1 Å². The molecule has 0 nitrogen and oxygen atoms in total. The predicted molar refractivity (Wildman–Crippen MR) is 57.6 cm³/mol. The molecular weight excluding hydrogens is 212 g/mol. The Labute approximate surface area is 83.1 Å². The molecule has 0 aromatic heterocycles. The summed E-state index contributed by atoms with van der Waals surface area (Å²) < 4.78 is 1.20. The summed E-state index contributed by atoms with van der Waals surface area (Å²) >= 11 is 3.54. The minimum absolute atomic E-state index is 0.246. The topological polar surface area (TPSA) is 0 Å². The van der Waals surface area contributed by atoms with E-state index in [-0.39, 0.29) is 5.41 Å². The van der Waals surface area contributed by atoms with Crippen molar-refractivity contribution in [1.82, 2.24) is 0 Å². The predicted octanol–water partition coefficient (Wildman–Crippen LogP) is 4.06. The van der Waals surface area contributed by atoms with E-state index in [2.05, 4.69) is 61.8 Å². The maximum Gasteiger partial charge on any atom is 0.0207 e. The lowest BCUT2D eigenvalue weighted by molar-refractivity contribution is 0.589. The van der Waals surface area contributed by atoms with Gasteiger partial charge in [0.2, 0.25) is 0 Å². The molecule has 66 valence electrons. The smallest absolute Gasteiger partial charge is 0.0207 e. The normalized spacial score (nSPS) is 11.8. The summed E-state index contributed by atoms with van der Waals surface area (Å²) in [7, 11) is 0. The van der Waals surface area contributed by atoms with Crippen LogP contribution in [-0.4, -0.2) is 0 Å². The van der Waals surface area contributed by atoms with E-state index >= 15 is 0 Å². The molecule has 12 heavy (non-hydrogen) atoms. The summed E-state index contributed by atoms with van der Waals surface area (Å²) in [5.74, 6) is 0. The van der Waals surface area contributed by atoms with Crippen LogP contribution >= 0.6 is 15.9 Å². The second-order valence-corrected chi connectivity index (χ2v) is 5.07. The van der Waals surface area contributed by atoms with E-state index in [0.29, 0.717) is 0 Å². The maximum atomic E-state index is 3.54. The molecule has 0 bridgehead atoms. The molecule has 0 saturated heterocycles. The lowest BCUT2D eigenvalue weighted by atomic mass is 9.87. The molecule has 0 amide bonds. The van der Waals surface area contributed by atoms with Gasteiger partial charge in [0, 0.05) is 4.47 Å². The standard InChI is InChI=1S/C11H15Br/c1-8-5-6-9(7-10(8)12)11(2,3)4/h5-7H,1-4H3. The van der Waals surface area contributed by atoms with Crippen LogP contribution in [0.5, 0.6) is 0 Å². The van der Waals surface area contributed by atoms with E-state index in [1.165, 1.54) is 15.6 Å². The molecule has 0 atom stereocenters. The third-order valence-electron chi connectivity index (χ3n) is 2.04. The molecule has 1 rings (SSSR count). The van der Waals surface area contributed by atoms with Gasteiger partial charge in [-0.25, -0.2) is 0 Å². The summed E-state index contributed by atoms with van der Waals surface area (Å²) in [6.45, 7) is 8.79. The number of aryl methyl sites for hydroxylation is 1. The van der Waals surface area contributed by atoms with E-state index in [9.17, 15) is 0 Å². The van der Waals surface area contributed by atoms with E-state index in [4.69, 9.17) is 0 Å². The molecule has 0 spiro atoms. The quantitative estimate of drug-likeness (QED) is 0.627. The molecule has 0 aliphatic rings. The highest BCUT2D eigenvalue weighted by Gasteiger charge is 2.13.